The van der Waals surface area contributed by atoms with E-state index in [0.717, 1.165) is 4.90 Å². The van der Waals surface area contributed by atoms with Crippen LogP contribution in [0.3, 0.4) is 0 Å². The first-order valence-corrected chi connectivity index (χ1v) is 7.16. The number of nitrogens with one attached hydrogen (secondary N) is 2. The number of carbonyl (C=O) groups excluding carboxylic acids is 3. The van der Waals surface area contributed by atoms with E-state index in [1.54, 1.807) is 36.2 Å². The number of imide groups is 1. The van der Waals surface area contributed by atoms with Crippen LogP contribution in [0.1, 0.15) is 0 Å². The molecule has 0 aliphatic carbocycles. The van der Waals surface area contributed by atoms with Crippen molar-refractivity contribution < 1.29 is 14.4 Å². The van der Waals surface area contributed by atoms with Gasteiger partial charge in [0.05, 0.1) is 23.8 Å². The molecule has 1 aliphatic heterocycles. The maximum Gasteiger partial charge on any atom is 0.324 e. The van der Waals surface area contributed by atoms with E-state index in [-0.39, 0.29) is 30.9 Å². The minimum Gasteiger partial charge on any atom is -0.336 e. The molecule has 118 valence electrons. The predicted molar refractivity (Wildman–Crippen MR) is 82.7 cm³/mol. The van der Waals surface area contributed by atoms with Crippen LogP contribution in [0.25, 0.3) is 0 Å². The molecule has 0 saturated carbocycles. The van der Waals surface area contributed by atoms with Gasteiger partial charge in [-0.3, -0.25) is 19.4 Å². The number of hydrogen-bond acceptors (Lipinski definition) is 4. The molecule has 7 nitrogen and oxygen atoms in total. The second-order valence-electron chi connectivity index (χ2n) is 4.98. The Morgan fingerprint density at radius 1 is 1.36 bits per heavy atom. The Bertz CT molecular complexity index is 593. The number of urea groups is 1. The van der Waals surface area contributed by atoms with Crippen molar-refractivity contribution in [1.29, 1.82) is 0 Å². The van der Waals surface area contributed by atoms with Crippen LogP contribution in [-0.4, -0.2) is 60.9 Å². The van der Waals surface area contributed by atoms with Crippen molar-refractivity contribution >= 4 is 35.1 Å². The monoisotopic (exact) mass is 324 g/mol. The molecule has 0 aromatic heterocycles. The fraction of sp³-hybridized carbons (Fsp3) is 0.357. The standard InChI is InChI=1S/C14H17ClN4O3/c1-18(9-13(21)19-7-6-16-14(19)22)8-12(20)17-11-5-3-2-4-10(11)15/h2-5H,6-9H2,1H3,(H,16,22)(H,17,20). The summed E-state index contributed by atoms with van der Waals surface area (Å²) in [7, 11) is 1.64. The Balaban J connectivity index is 1.82. The number of benzene rings is 1. The normalized spacial score (nSPS) is 14.1. The van der Waals surface area contributed by atoms with Crippen LogP contribution in [0.4, 0.5) is 10.5 Å². The second kappa shape index (κ2) is 7.24. The Morgan fingerprint density at radius 2 is 2.09 bits per heavy atom. The van der Waals surface area contributed by atoms with Crippen LogP contribution < -0.4 is 10.6 Å². The third-order valence-electron chi connectivity index (χ3n) is 3.12. The van der Waals surface area contributed by atoms with E-state index in [4.69, 9.17) is 11.6 Å². The molecule has 1 heterocycles. The molecule has 4 amide bonds. The Kier molecular flexibility index (Phi) is 5.35. The Hall–Kier alpha value is -2.12. The zero-order valence-electron chi connectivity index (χ0n) is 12.1. The quantitative estimate of drug-likeness (QED) is 0.838. The molecule has 1 aromatic rings. The van der Waals surface area contributed by atoms with Gasteiger partial charge in [-0.2, -0.15) is 0 Å². The van der Waals surface area contributed by atoms with Gasteiger partial charge in [-0.15, -0.1) is 0 Å². The minimum atomic E-state index is -0.390. The summed E-state index contributed by atoms with van der Waals surface area (Å²) in [6, 6.07) is 6.51. The first-order valence-electron chi connectivity index (χ1n) is 6.78. The number of nitrogens with zero attached hydrogens (tertiary/aromatic N) is 2. The number of likely N-dealkylation sites (N-methyl/N-ethyl adjacent to an activating group) is 1. The molecule has 0 atom stereocenters. The molecule has 0 bridgehead atoms. The fourth-order valence-electron chi connectivity index (χ4n) is 2.08. The Labute approximate surface area is 133 Å². The lowest BCUT2D eigenvalue weighted by atomic mass is 10.3. The lowest BCUT2D eigenvalue weighted by Gasteiger charge is -2.19. The smallest absolute Gasteiger partial charge is 0.324 e. The summed E-state index contributed by atoms with van der Waals surface area (Å²) in [5.74, 6) is -0.614. The number of para-hydroxylation sites is 1. The molecule has 22 heavy (non-hydrogen) atoms. The predicted octanol–water partition coefficient (Wildman–Crippen LogP) is 0.762. The van der Waals surface area contributed by atoms with Crippen LogP contribution in [-0.2, 0) is 9.59 Å². The summed E-state index contributed by atoms with van der Waals surface area (Å²) < 4.78 is 0. The van der Waals surface area contributed by atoms with E-state index in [0.29, 0.717) is 23.8 Å². The molecule has 0 radical (unpaired) electrons. The third kappa shape index (κ3) is 4.19. The lowest BCUT2D eigenvalue weighted by Crippen LogP contribution is -2.42. The van der Waals surface area contributed by atoms with Gasteiger partial charge in [-0.25, -0.2) is 4.79 Å². The molecule has 1 saturated heterocycles. The van der Waals surface area contributed by atoms with Crippen molar-refractivity contribution in [3.63, 3.8) is 0 Å². The van der Waals surface area contributed by atoms with Gasteiger partial charge in [-0.1, -0.05) is 23.7 Å². The van der Waals surface area contributed by atoms with Crippen LogP contribution in [0.15, 0.2) is 24.3 Å². The van der Waals surface area contributed by atoms with E-state index >= 15 is 0 Å². The van der Waals surface area contributed by atoms with E-state index in [1.165, 1.54) is 0 Å². The molecule has 2 rings (SSSR count). The van der Waals surface area contributed by atoms with Crippen LogP contribution in [0.2, 0.25) is 5.02 Å². The molecule has 1 aromatic carbocycles. The minimum absolute atomic E-state index is 0.0106. The van der Waals surface area contributed by atoms with Crippen molar-refractivity contribution in [1.82, 2.24) is 15.1 Å². The van der Waals surface area contributed by atoms with E-state index in [9.17, 15) is 14.4 Å². The highest BCUT2D eigenvalue weighted by Gasteiger charge is 2.26. The van der Waals surface area contributed by atoms with E-state index < -0.39 is 0 Å². The average Bonchev–Trinajstić information content (AvgIpc) is 2.87. The highest BCUT2D eigenvalue weighted by Crippen LogP contribution is 2.20. The van der Waals surface area contributed by atoms with Crippen molar-refractivity contribution in [3.8, 4) is 0 Å². The van der Waals surface area contributed by atoms with Crippen LogP contribution in [0, 0.1) is 0 Å². The maximum atomic E-state index is 11.9. The number of hydrogen-bond donors (Lipinski definition) is 2. The number of amides is 4. The SMILES string of the molecule is CN(CC(=O)Nc1ccccc1Cl)CC(=O)N1CCNC1=O. The zero-order chi connectivity index (χ0) is 16.1. The second-order valence-corrected chi connectivity index (χ2v) is 5.38. The molecular formula is C14H17ClN4O3. The topological polar surface area (TPSA) is 81.8 Å². The number of rotatable bonds is 5. The van der Waals surface area contributed by atoms with Crippen molar-refractivity contribution in [2.45, 2.75) is 0 Å². The highest BCUT2D eigenvalue weighted by molar-refractivity contribution is 6.33. The van der Waals surface area contributed by atoms with Crippen LogP contribution in [0.5, 0.6) is 0 Å². The molecule has 2 N–H and O–H groups in total. The number of halogens is 1. The zero-order valence-corrected chi connectivity index (χ0v) is 12.9. The van der Waals surface area contributed by atoms with Gasteiger partial charge in [-0.05, 0) is 19.2 Å². The van der Waals surface area contributed by atoms with E-state index in [2.05, 4.69) is 10.6 Å². The molecule has 1 fully saturated rings. The van der Waals surface area contributed by atoms with Gasteiger partial charge >= 0.3 is 6.03 Å². The lowest BCUT2D eigenvalue weighted by molar-refractivity contribution is -0.128. The molecule has 8 heteroatoms. The first-order chi connectivity index (χ1) is 10.5. The number of carbonyl (C=O) groups is 3. The average molecular weight is 325 g/mol. The van der Waals surface area contributed by atoms with Gasteiger partial charge in [0.2, 0.25) is 11.8 Å². The van der Waals surface area contributed by atoms with Gasteiger partial charge in [0.1, 0.15) is 0 Å². The Morgan fingerprint density at radius 3 is 2.73 bits per heavy atom. The molecular weight excluding hydrogens is 308 g/mol. The summed E-state index contributed by atoms with van der Waals surface area (Å²) in [4.78, 5) is 37.9. The summed E-state index contributed by atoms with van der Waals surface area (Å²) in [5.41, 5.74) is 0.521. The third-order valence-corrected chi connectivity index (χ3v) is 3.45. The molecule has 1 aliphatic rings. The van der Waals surface area contributed by atoms with Crippen LogP contribution >= 0.6 is 11.6 Å². The number of anilines is 1. The molecule has 0 spiro atoms. The molecule has 0 unspecified atom stereocenters. The van der Waals surface area contributed by atoms with Gasteiger partial charge < -0.3 is 10.6 Å². The van der Waals surface area contributed by atoms with Crippen molar-refractivity contribution in [2.75, 3.05) is 38.5 Å². The first kappa shape index (κ1) is 16.3. The summed E-state index contributed by atoms with van der Waals surface area (Å²) >= 11 is 5.96. The summed E-state index contributed by atoms with van der Waals surface area (Å²) in [6.07, 6.45) is 0. The highest BCUT2D eigenvalue weighted by atomic mass is 35.5. The van der Waals surface area contributed by atoms with Gasteiger partial charge in [0.15, 0.2) is 0 Å². The summed E-state index contributed by atoms with van der Waals surface area (Å²) in [5, 5.41) is 5.68. The van der Waals surface area contributed by atoms with Crippen molar-refractivity contribution in [3.05, 3.63) is 29.3 Å². The summed E-state index contributed by atoms with van der Waals surface area (Å²) in [6.45, 7) is 0.828. The largest absolute Gasteiger partial charge is 0.336 e. The van der Waals surface area contributed by atoms with Gasteiger partial charge in [0, 0.05) is 13.1 Å². The fourth-order valence-corrected chi connectivity index (χ4v) is 2.26. The maximum absolute atomic E-state index is 11.9. The van der Waals surface area contributed by atoms with Crippen molar-refractivity contribution in [2.24, 2.45) is 0 Å². The van der Waals surface area contributed by atoms with Gasteiger partial charge in [0.25, 0.3) is 0 Å². The van der Waals surface area contributed by atoms with E-state index in [1.807, 2.05) is 0 Å².